The van der Waals surface area contributed by atoms with Gasteiger partial charge in [0, 0.05) is 22.9 Å². The number of benzene rings is 2. The van der Waals surface area contributed by atoms with Crippen molar-refractivity contribution in [3.8, 4) is 11.8 Å². The summed E-state index contributed by atoms with van der Waals surface area (Å²) in [6.45, 7) is 2.07. The van der Waals surface area contributed by atoms with Crippen LogP contribution in [0.1, 0.15) is 54.6 Å². The van der Waals surface area contributed by atoms with Gasteiger partial charge in [0.25, 0.3) is 0 Å². The average molecular weight is 386 g/mol. The normalized spacial score (nSPS) is 15.5. The van der Waals surface area contributed by atoms with E-state index in [0.717, 1.165) is 53.5 Å². The molecular weight excluding hydrogens is 360 g/mol. The number of aryl methyl sites for hydroxylation is 1. The standard InChI is InChI=1S/C26H26O3/c1-19-6-8-20(9-7-19)10-11-21-12-13-24-22(16-21)17-23(29-24)18-26(25(27)28-2)14-4-3-5-15-26/h6-9,12-13,16-17H,3-5,14-15,18H2,1-2H3. The van der Waals surface area contributed by atoms with Gasteiger partial charge in [-0.15, -0.1) is 0 Å². The molecule has 0 amide bonds. The van der Waals surface area contributed by atoms with Crippen LogP contribution in [-0.4, -0.2) is 13.1 Å². The molecule has 1 aliphatic rings. The van der Waals surface area contributed by atoms with Crippen LogP contribution in [0, 0.1) is 24.2 Å². The molecule has 4 rings (SSSR count). The number of carbonyl (C=O) groups is 1. The molecule has 0 unspecified atom stereocenters. The Morgan fingerprint density at radius 3 is 2.41 bits per heavy atom. The fraction of sp³-hybridized carbons (Fsp3) is 0.346. The van der Waals surface area contributed by atoms with Gasteiger partial charge < -0.3 is 9.15 Å². The van der Waals surface area contributed by atoms with E-state index in [4.69, 9.17) is 9.15 Å². The maximum Gasteiger partial charge on any atom is 0.312 e. The van der Waals surface area contributed by atoms with Crippen LogP contribution >= 0.6 is 0 Å². The lowest BCUT2D eigenvalue weighted by Crippen LogP contribution is -2.36. The molecule has 1 aliphatic carbocycles. The van der Waals surface area contributed by atoms with Crippen LogP contribution in [-0.2, 0) is 16.0 Å². The largest absolute Gasteiger partial charge is 0.469 e. The molecule has 1 aromatic heterocycles. The Bertz CT molecular complexity index is 1070. The van der Waals surface area contributed by atoms with E-state index in [1.807, 2.05) is 30.3 Å². The molecule has 3 heteroatoms. The van der Waals surface area contributed by atoms with Crippen LogP contribution in [0.25, 0.3) is 11.0 Å². The number of hydrogen-bond donors (Lipinski definition) is 0. The van der Waals surface area contributed by atoms with Crippen molar-refractivity contribution in [1.82, 2.24) is 0 Å². The predicted molar refractivity (Wildman–Crippen MR) is 115 cm³/mol. The second-order valence-electron chi connectivity index (χ2n) is 8.09. The number of methoxy groups -OCH3 is 1. The van der Waals surface area contributed by atoms with Crippen LogP contribution in [0.3, 0.4) is 0 Å². The summed E-state index contributed by atoms with van der Waals surface area (Å²) in [5, 5.41) is 1.02. The molecule has 148 valence electrons. The molecule has 1 heterocycles. The minimum absolute atomic E-state index is 0.109. The molecule has 0 spiro atoms. The van der Waals surface area contributed by atoms with Gasteiger partial charge in [-0.1, -0.05) is 48.8 Å². The summed E-state index contributed by atoms with van der Waals surface area (Å²) >= 11 is 0. The van der Waals surface area contributed by atoms with Gasteiger partial charge in [-0.05, 0) is 56.2 Å². The van der Waals surface area contributed by atoms with Crippen LogP contribution in [0.2, 0.25) is 0 Å². The van der Waals surface area contributed by atoms with Crippen molar-refractivity contribution >= 4 is 16.9 Å². The number of furan rings is 1. The fourth-order valence-corrected chi connectivity index (χ4v) is 4.28. The zero-order chi connectivity index (χ0) is 20.3. The summed E-state index contributed by atoms with van der Waals surface area (Å²) in [7, 11) is 1.48. The van der Waals surface area contributed by atoms with Crippen LogP contribution in [0.4, 0.5) is 0 Å². The number of fused-ring (bicyclic) bond motifs is 1. The van der Waals surface area contributed by atoms with Crippen molar-refractivity contribution in [2.75, 3.05) is 7.11 Å². The second-order valence-corrected chi connectivity index (χ2v) is 8.09. The lowest BCUT2D eigenvalue weighted by Gasteiger charge is -2.33. The van der Waals surface area contributed by atoms with E-state index in [1.165, 1.54) is 19.1 Å². The summed E-state index contributed by atoms with van der Waals surface area (Å²) < 4.78 is 11.2. The molecule has 0 radical (unpaired) electrons. The first-order chi connectivity index (χ1) is 14.1. The van der Waals surface area contributed by atoms with Crippen LogP contribution < -0.4 is 0 Å². The summed E-state index contributed by atoms with van der Waals surface area (Å²) in [5.41, 5.74) is 3.56. The Hall–Kier alpha value is -2.99. The lowest BCUT2D eigenvalue weighted by molar-refractivity contribution is -0.155. The zero-order valence-corrected chi connectivity index (χ0v) is 17.1. The highest BCUT2D eigenvalue weighted by Crippen LogP contribution is 2.41. The molecular formula is C26H26O3. The van der Waals surface area contributed by atoms with Crippen molar-refractivity contribution in [2.24, 2.45) is 5.41 Å². The first-order valence-electron chi connectivity index (χ1n) is 10.3. The number of hydrogen-bond acceptors (Lipinski definition) is 3. The van der Waals surface area contributed by atoms with E-state index in [0.29, 0.717) is 6.42 Å². The molecule has 0 N–H and O–H groups in total. The average Bonchev–Trinajstić information content (AvgIpc) is 3.14. The SMILES string of the molecule is COC(=O)C1(Cc2cc3cc(C#Cc4ccc(C)cc4)ccc3o2)CCCCC1. The summed E-state index contributed by atoms with van der Waals surface area (Å²) in [6, 6.07) is 16.2. The minimum Gasteiger partial charge on any atom is -0.469 e. The number of esters is 1. The zero-order valence-electron chi connectivity index (χ0n) is 17.1. The highest BCUT2D eigenvalue weighted by atomic mass is 16.5. The number of ether oxygens (including phenoxy) is 1. The third-order valence-corrected chi connectivity index (χ3v) is 5.91. The van der Waals surface area contributed by atoms with Crippen molar-refractivity contribution < 1.29 is 13.9 Å². The number of carbonyl (C=O) groups excluding carboxylic acids is 1. The monoisotopic (exact) mass is 386 g/mol. The molecule has 0 saturated heterocycles. The van der Waals surface area contributed by atoms with Crippen LogP contribution in [0.5, 0.6) is 0 Å². The Morgan fingerprint density at radius 1 is 1.00 bits per heavy atom. The third-order valence-electron chi connectivity index (χ3n) is 5.91. The maximum absolute atomic E-state index is 12.5. The highest BCUT2D eigenvalue weighted by Gasteiger charge is 2.41. The Balaban J connectivity index is 1.58. The molecule has 0 aliphatic heterocycles. The molecule has 1 fully saturated rings. The third kappa shape index (κ3) is 4.22. The van der Waals surface area contributed by atoms with E-state index in [1.54, 1.807) is 0 Å². The predicted octanol–water partition coefficient (Wildman–Crippen LogP) is 5.81. The summed E-state index contributed by atoms with van der Waals surface area (Å²) in [4.78, 5) is 12.5. The van der Waals surface area contributed by atoms with E-state index in [9.17, 15) is 4.79 Å². The molecule has 1 saturated carbocycles. The van der Waals surface area contributed by atoms with Gasteiger partial charge >= 0.3 is 5.97 Å². The van der Waals surface area contributed by atoms with Gasteiger partial charge in [0.15, 0.2) is 0 Å². The van der Waals surface area contributed by atoms with Crippen molar-refractivity contribution in [1.29, 1.82) is 0 Å². The van der Waals surface area contributed by atoms with Gasteiger partial charge in [-0.25, -0.2) is 0 Å². The molecule has 29 heavy (non-hydrogen) atoms. The van der Waals surface area contributed by atoms with E-state index in [-0.39, 0.29) is 5.97 Å². The summed E-state index contributed by atoms with van der Waals surface area (Å²) in [5.74, 6) is 7.18. The van der Waals surface area contributed by atoms with E-state index < -0.39 is 5.41 Å². The van der Waals surface area contributed by atoms with Gasteiger partial charge in [-0.3, -0.25) is 4.79 Å². The van der Waals surface area contributed by atoms with Gasteiger partial charge in [0.2, 0.25) is 0 Å². The topological polar surface area (TPSA) is 39.4 Å². The van der Waals surface area contributed by atoms with Crippen molar-refractivity contribution in [2.45, 2.75) is 45.4 Å². The first kappa shape index (κ1) is 19.3. The molecule has 3 aromatic rings. The Morgan fingerprint density at radius 2 is 1.69 bits per heavy atom. The number of rotatable bonds is 3. The molecule has 2 aromatic carbocycles. The molecule has 0 bridgehead atoms. The maximum atomic E-state index is 12.5. The molecule has 0 atom stereocenters. The second kappa shape index (κ2) is 8.17. The fourth-order valence-electron chi connectivity index (χ4n) is 4.28. The highest BCUT2D eigenvalue weighted by molar-refractivity contribution is 5.81. The molecule has 3 nitrogen and oxygen atoms in total. The quantitative estimate of drug-likeness (QED) is 0.421. The van der Waals surface area contributed by atoms with Gasteiger partial charge in [0.1, 0.15) is 11.3 Å². The van der Waals surface area contributed by atoms with E-state index in [2.05, 4.69) is 37.0 Å². The Labute approximate surface area is 172 Å². The van der Waals surface area contributed by atoms with Gasteiger partial charge in [0.05, 0.1) is 12.5 Å². The van der Waals surface area contributed by atoms with Crippen molar-refractivity contribution in [3.63, 3.8) is 0 Å². The van der Waals surface area contributed by atoms with Gasteiger partial charge in [-0.2, -0.15) is 0 Å². The summed E-state index contributed by atoms with van der Waals surface area (Å²) in [6.07, 6.45) is 5.64. The van der Waals surface area contributed by atoms with Crippen LogP contribution in [0.15, 0.2) is 52.9 Å². The minimum atomic E-state index is -0.449. The smallest absolute Gasteiger partial charge is 0.312 e. The van der Waals surface area contributed by atoms with Crippen molar-refractivity contribution in [3.05, 3.63) is 71.0 Å². The lowest BCUT2D eigenvalue weighted by atomic mass is 9.71. The first-order valence-corrected chi connectivity index (χ1v) is 10.3. The Kier molecular flexibility index (Phi) is 5.45. The van der Waals surface area contributed by atoms with E-state index >= 15 is 0 Å².